The minimum atomic E-state index is -0.979. The predicted octanol–water partition coefficient (Wildman–Crippen LogP) is 0.238. The Morgan fingerprint density at radius 3 is 3.00 bits per heavy atom. The number of aliphatic carboxylic acids is 1. The van der Waals surface area contributed by atoms with Crippen LogP contribution in [0.3, 0.4) is 0 Å². The van der Waals surface area contributed by atoms with E-state index < -0.39 is 5.97 Å². The second-order valence-corrected chi connectivity index (χ2v) is 3.24. The zero-order valence-electron chi connectivity index (χ0n) is 7.31. The molecule has 1 aliphatic carbocycles. The fourth-order valence-corrected chi connectivity index (χ4v) is 1.82. The monoisotopic (exact) mass is 191 g/mol. The second kappa shape index (κ2) is 3.14. The highest BCUT2D eigenvalue weighted by Crippen LogP contribution is 2.30. The fraction of sp³-hybridized carbons (Fsp3) is 0.200. The van der Waals surface area contributed by atoms with Crippen LogP contribution in [0.2, 0.25) is 0 Å². The molecule has 0 aromatic rings. The fourth-order valence-electron chi connectivity index (χ4n) is 1.82. The Hall–Kier alpha value is -1.84. The quantitative estimate of drug-likeness (QED) is 0.613. The summed E-state index contributed by atoms with van der Waals surface area (Å²) in [5, 5.41) is 11.8. The Labute approximate surface area is 80.6 Å². The third kappa shape index (κ3) is 1.16. The van der Waals surface area contributed by atoms with Crippen molar-refractivity contribution in [1.29, 1.82) is 0 Å². The molecular weight excluding hydrogens is 182 g/mol. The molecular formula is C10H9NO3. The molecule has 1 heterocycles. The lowest BCUT2D eigenvalue weighted by Crippen LogP contribution is -2.30. The highest BCUT2D eigenvalue weighted by Gasteiger charge is 2.35. The van der Waals surface area contributed by atoms with E-state index in [0.29, 0.717) is 11.9 Å². The molecule has 4 nitrogen and oxygen atoms in total. The van der Waals surface area contributed by atoms with Crippen molar-refractivity contribution in [3.63, 3.8) is 0 Å². The average Bonchev–Trinajstić information content (AvgIpc) is 2.60. The van der Waals surface area contributed by atoms with Gasteiger partial charge in [0, 0.05) is 17.7 Å². The van der Waals surface area contributed by atoms with Gasteiger partial charge in [-0.2, -0.15) is 0 Å². The van der Waals surface area contributed by atoms with Crippen molar-refractivity contribution in [3.05, 3.63) is 35.6 Å². The van der Waals surface area contributed by atoms with E-state index in [1.54, 1.807) is 12.2 Å². The topological polar surface area (TPSA) is 66.4 Å². The molecule has 0 radical (unpaired) electrons. The van der Waals surface area contributed by atoms with E-state index in [9.17, 15) is 9.59 Å². The lowest BCUT2D eigenvalue weighted by molar-refractivity contribution is -0.133. The number of hydrogen-bond acceptors (Lipinski definition) is 3. The molecule has 0 saturated carbocycles. The number of carboxylic acid groups (broad SMARTS) is 1. The summed E-state index contributed by atoms with van der Waals surface area (Å²) in [6, 6.07) is -0.0914. The van der Waals surface area contributed by atoms with Crippen LogP contribution in [0, 0.1) is 5.92 Å². The molecule has 2 N–H and O–H groups in total. The van der Waals surface area contributed by atoms with Crippen molar-refractivity contribution in [1.82, 2.24) is 5.32 Å². The van der Waals surface area contributed by atoms with Gasteiger partial charge in [-0.1, -0.05) is 18.2 Å². The number of carboxylic acids is 1. The van der Waals surface area contributed by atoms with Crippen LogP contribution in [0.4, 0.5) is 0 Å². The Morgan fingerprint density at radius 2 is 2.36 bits per heavy atom. The van der Waals surface area contributed by atoms with Gasteiger partial charge in [0.15, 0.2) is 0 Å². The van der Waals surface area contributed by atoms with Gasteiger partial charge in [0.1, 0.15) is 6.29 Å². The summed E-state index contributed by atoms with van der Waals surface area (Å²) in [5.41, 5.74) is 0.758. The number of aldehydes is 1. The van der Waals surface area contributed by atoms with Crippen molar-refractivity contribution in [3.8, 4) is 0 Å². The maximum Gasteiger partial charge on any atom is 0.333 e. The molecule has 0 spiro atoms. The van der Waals surface area contributed by atoms with E-state index in [0.717, 1.165) is 0 Å². The minimum Gasteiger partial charge on any atom is -0.478 e. The second-order valence-electron chi connectivity index (χ2n) is 3.24. The van der Waals surface area contributed by atoms with Crippen molar-refractivity contribution >= 4 is 12.3 Å². The highest BCUT2D eigenvalue weighted by molar-refractivity contribution is 5.92. The zero-order valence-corrected chi connectivity index (χ0v) is 7.31. The van der Waals surface area contributed by atoms with Crippen molar-refractivity contribution < 1.29 is 14.7 Å². The molecule has 0 aromatic carbocycles. The van der Waals surface area contributed by atoms with Gasteiger partial charge in [-0.05, 0) is 0 Å². The average molecular weight is 191 g/mol. The van der Waals surface area contributed by atoms with Crippen molar-refractivity contribution in [2.75, 3.05) is 0 Å². The molecule has 2 rings (SSSR count). The first-order valence-corrected chi connectivity index (χ1v) is 4.27. The first-order valence-electron chi connectivity index (χ1n) is 4.27. The molecule has 4 heteroatoms. The Kier molecular flexibility index (Phi) is 1.96. The number of hydrogen-bond donors (Lipinski definition) is 2. The molecule has 2 unspecified atom stereocenters. The van der Waals surface area contributed by atoms with Crippen molar-refractivity contribution in [2.45, 2.75) is 6.04 Å². The van der Waals surface area contributed by atoms with Crippen molar-refractivity contribution in [2.24, 2.45) is 5.92 Å². The predicted molar refractivity (Wildman–Crippen MR) is 49.4 cm³/mol. The lowest BCUT2D eigenvalue weighted by atomic mass is 9.85. The molecule has 14 heavy (non-hydrogen) atoms. The molecule has 72 valence electrons. The number of nitrogens with one attached hydrogen (secondary N) is 1. The zero-order chi connectivity index (χ0) is 10.1. The summed E-state index contributed by atoms with van der Waals surface area (Å²) in [6.45, 7) is 0. The highest BCUT2D eigenvalue weighted by atomic mass is 16.4. The van der Waals surface area contributed by atoms with Crippen LogP contribution >= 0.6 is 0 Å². The van der Waals surface area contributed by atoms with Crippen LogP contribution in [0.15, 0.2) is 35.6 Å². The Bertz CT molecular complexity index is 379. The molecule has 0 saturated heterocycles. The first kappa shape index (κ1) is 8.74. The van der Waals surface area contributed by atoms with Gasteiger partial charge >= 0.3 is 5.97 Å². The maximum atomic E-state index is 10.8. The van der Waals surface area contributed by atoms with Gasteiger partial charge in [0.25, 0.3) is 0 Å². The van der Waals surface area contributed by atoms with Gasteiger partial charge in [0.2, 0.25) is 0 Å². The van der Waals surface area contributed by atoms with Crippen LogP contribution in [0.25, 0.3) is 0 Å². The molecule has 0 amide bonds. The lowest BCUT2D eigenvalue weighted by Gasteiger charge is -2.21. The molecule has 0 bridgehead atoms. The number of fused-ring (bicyclic) bond motifs is 1. The van der Waals surface area contributed by atoms with Crippen LogP contribution in [0.1, 0.15) is 0 Å². The van der Waals surface area contributed by atoms with Gasteiger partial charge in [-0.25, -0.2) is 4.79 Å². The smallest absolute Gasteiger partial charge is 0.333 e. The molecule has 0 fully saturated rings. The number of rotatable bonds is 2. The van der Waals surface area contributed by atoms with Gasteiger partial charge in [-0.3, -0.25) is 4.79 Å². The van der Waals surface area contributed by atoms with Crippen LogP contribution < -0.4 is 5.32 Å². The molecule has 1 aliphatic heterocycles. The molecule has 0 aromatic heterocycles. The minimum absolute atomic E-state index is 0.0914. The third-order valence-corrected chi connectivity index (χ3v) is 2.47. The largest absolute Gasteiger partial charge is 0.478 e. The summed E-state index contributed by atoms with van der Waals surface area (Å²) in [4.78, 5) is 21.6. The van der Waals surface area contributed by atoms with E-state index in [2.05, 4.69) is 5.32 Å². The first-order chi connectivity index (χ1) is 6.74. The molecule has 2 atom stereocenters. The van der Waals surface area contributed by atoms with E-state index >= 15 is 0 Å². The number of allylic oxidation sites excluding steroid dienone is 2. The van der Waals surface area contributed by atoms with Gasteiger partial charge in [0.05, 0.1) is 11.6 Å². The summed E-state index contributed by atoms with van der Waals surface area (Å²) in [7, 11) is 0. The van der Waals surface area contributed by atoms with Crippen LogP contribution in [0.5, 0.6) is 0 Å². The normalized spacial score (nSPS) is 28.6. The van der Waals surface area contributed by atoms with Crippen LogP contribution in [-0.2, 0) is 9.59 Å². The molecule has 2 aliphatic rings. The third-order valence-electron chi connectivity index (χ3n) is 2.47. The van der Waals surface area contributed by atoms with E-state index in [1.807, 2.05) is 6.08 Å². The number of carbonyl (C=O) groups is 2. The standard InChI is InChI=1S/C10H9NO3/c12-5-6-2-1-3-8-9(6)7(4-11-8)10(13)14/h1-5,8-9,11H,(H,13,14). The van der Waals surface area contributed by atoms with Gasteiger partial charge in [-0.15, -0.1) is 0 Å². The summed E-state index contributed by atoms with van der Waals surface area (Å²) < 4.78 is 0. The summed E-state index contributed by atoms with van der Waals surface area (Å²) in [5.74, 6) is -1.32. The van der Waals surface area contributed by atoms with E-state index in [1.165, 1.54) is 6.20 Å². The SMILES string of the molecule is O=CC1=CC=CC2NC=C(C(=O)O)C12. The maximum absolute atomic E-state index is 10.8. The van der Waals surface area contributed by atoms with Gasteiger partial charge < -0.3 is 10.4 Å². The number of carbonyl (C=O) groups excluding carboxylic acids is 1. The van der Waals surface area contributed by atoms with Crippen LogP contribution in [-0.4, -0.2) is 23.4 Å². The summed E-state index contributed by atoms with van der Waals surface area (Å²) >= 11 is 0. The van der Waals surface area contributed by atoms with E-state index in [-0.39, 0.29) is 17.5 Å². The Morgan fingerprint density at radius 1 is 1.57 bits per heavy atom. The van der Waals surface area contributed by atoms with E-state index in [4.69, 9.17) is 5.11 Å². The Balaban J connectivity index is 2.36. The summed E-state index contributed by atoms with van der Waals surface area (Å²) in [6.07, 6.45) is 7.44.